The highest BCUT2D eigenvalue weighted by Gasteiger charge is 2.09. The van der Waals surface area contributed by atoms with Crippen molar-refractivity contribution in [2.45, 2.75) is 6.54 Å². The number of hydrogen-bond donors (Lipinski definition) is 1. The molecule has 1 aromatic heterocycles. The SMILES string of the molecule is Cn1nc(-c2ccc(CN)cc2)cc1-c1ccc(Cl)cc1. The van der Waals surface area contributed by atoms with Gasteiger partial charge < -0.3 is 5.73 Å². The van der Waals surface area contributed by atoms with E-state index in [1.807, 2.05) is 48.1 Å². The minimum absolute atomic E-state index is 0.554. The maximum atomic E-state index is 5.94. The Morgan fingerprint density at radius 1 is 1.00 bits per heavy atom. The molecule has 0 atom stereocenters. The minimum atomic E-state index is 0.554. The first-order chi connectivity index (χ1) is 10.2. The van der Waals surface area contributed by atoms with E-state index < -0.39 is 0 Å². The van der Waals surface area contributed by atoms with Crippen molar-refractivity contribution in [2.75, 3.05) is 0 Å². The Hall–Kier alpha value is -2.10. The number of nitrogens with zero attached hydrogens (tertiary/aromatic N) is 2. The number of hydrogen-bond acceptors (Lipinski definition) is 2. The van der Waals surface area contributed by atoms with Gasteiger partial charge in [-0.1, -0.05) is 48.0 Å². The van der Waals surface area contributed by atoms with Gasteiger partial charge in [-0.25, -0.2) is 0 Å². The summed E-state index contributed by atoms with van der Waals surface area (Å²) in [7, 11) is 1.95. The first-order valence-electron chi connectivity index (χ1n) is 6.77. The molecule has 0 saturated carbocycles. The zero-order chi connectivity index (χ0) is 14.8. The Morgan fingerprint density at radius 2 is 1.62 bits per heavy atom. The smallest absolute Gasteiger partial charge is 0.0929 e. The number of aromatic nitrogens is 2. The lowest BCUT2D eigenvalue weighted by atomic mass is 10.1. The predicted molar refractivity (Wildman–Crippen MR) is 87.0 cm³/mol. The van der Waals surface area contributed by atoms with Crippen molar-refractivity contribution in [1.29, 1.82) is 0 Å². The van der Waals surface area contributed by atoms with Crippen LogP contribution in [0, 0.1) is 0 Å². The van der Waals surface area contributed by atoms with Crippen LogP contribution in [-0.4, -0.2) is 9.78 Å². The fourth-order valence-electron chi connectivity index (χ4n) is 2.31. The summed E-state index contributed by atoms with van der Waals surface area (Å²) in [5, 5.41) is 5.32. The van der Waals surface area contributed by atoms with E-state index in [-0.39, 0.29) is 0 Å². The van der Waals surface area contributed by atoms with E-state index >= 15 is 0 Å². The number of nitrogens with two attached hydrogens (primary N) is 1. The molecule has 0 amide bonds. The number of benzene rings is 2. The van der Waals surface area contributed by atoms with Crippen LogP contribution in [0.3, 0.4) is 0 Å². The van der Waals surface area contributed by atoms with Gasteiger partial charge in [-0.15, -0.1) is 0 Å². The van der Waals surface area contributed by atoms with Gasteiger partial charge in [0, 0.05) is 24.2 Å². The van der Waals surface area contributed by atoms with Gasteiger partial charge in [0.15, 0.2) is 0 Å². The molecular formula is C17H16ClN3. The average molecular weight is 298 g/mol. The van der Waals surface area contributed by atoms with Crippen LogP contribution in [-0.2, 0) is 13.6 Å². The Kier molecular flexibility index (Phi) is 3.78. The lowest BCUT2D eigenvalue weighted by molar-refractivity contribution is 0.779. The molecule has 2 N–H and O–H groups in total. The van der Waals surface area contributed by atoms with Crippen LogP contribution in [0.4, 0.5) is 0 Å². The van der Waals surface area contributed by atoms with E-state index in [4.69, 9.17) is 17.3 Å². The molecule has 3 aromatic rings. The van der Waals surface area contributed by atoms with Crippen molar-refractivity contribution in [1.82, 2.24) is 9.78 Å². The number of aryl methyl sites for hydroxylation is 1. The molecular weight excluding hydrogens is 282 g/mol. The molecule has 0 aliphatic rings. The lowest BCUT2D eigenvalue weighted by Gasteiger charge is -2.00. The van der Waals surface area contributed by atoms with Gasteiger partial charge in [0.05, 0.1) is 11.4 Å². The van der Waals surface area contributed by atoms with Crippen molar-refractivity contribution in [2.24, 2.45) is 12.8 Å². The van der Waals surface area contributed by atoms with Crippen molar-refractivity contribution in [3.63, 3.8) is 0 Å². The number of halogens is 1. The molecule has 0 bridgehead atoms. The molecule has 1 heterocycles. The monoisotopic (exact) mass is 297 g/mol. The molecule has 106 valence electrons. The second-order valence-electron chi connectivity index (χ2n) is 4.95. The third-order valence-corrected chi connectivity index (χ3v) is 3.76. The van der Waals surface area contributed by atoms with Crippen LogP contribution in [0.5, 0.6) is 0 Å². The quantitative estimate of drug-likeness (QED) is 0.797. The second-order valence-corrected chi connectivity index (χ2v) is 5.38. The van der Waals surface area contributed by atoms with E-state index in [0.29, 0.717) is 6.54 Å². The van der Waals surface area contributed by atoms with Crippen LogP contribution < -0.4 is 5.73 Å². The van der Waals surface area contributed by atoms with Gasteiger partial charge in [0.2, 0.25) is 0 Å². The first kappa shape index (κ1) is 13.9. The molecule has 0 unspecified atom stereocenters. The highest BCUT2D eigenvalue weighted by atomic mass is 35.5. The molecule has 0 spiro atoms. The fraction of sp³-hybridized carbons (Fsp3) is 0.118. The Morgan fingerprint density at radius 3 is 2.24 bits per heavy atom. The van der Waals surface area contributed by atoms with E-state index in [0.717, 1.165) is 33.1 Å². The normalized spacial score (nSPS) is 10.8. The molecule has 0 radical (unpaired) electrons. The van der Waals surface area contributed by atoms with E-state index in [9.17, 15) is 0 Å². The van der Waals surface area contributed by atoms with Crippen LogP contribution in [0.25, 0.3) is 22.5 Å². The van der Waals surface area contributed by atoms with Gasteiger partial charge in [-0.3, -0.25) is 4.68 Å². The zero-order valence-electron chi connectivity index (χ0n) is 11.8. The summed E-state index contributed by atoms with van der Waals surface area (Å²) >= 11 is 5.94. The standard InChI is InChI=1S/C17H16ClN3/c1-21-17(14-6-8-15(18)9-7-14)10-16(20-21)13-4-2-12(11-19)3-5-13/h2-10H,11,19H2,1H3. The molecule has 0 aliphatic carbocycles. The topological polar surface area (TPSA) is 43.8 Å². The maximum absolute atomic E-state index is 5.94. The molecule has 3 rings (SSSR count). The average Bonchev–Trinajstić information content (AvgIpc) is 2.90. The largest absolute Gasteiger partial charge is 0.326 e. The summed E-state index contributed by atoms with van der Waals surface area (Å²) in [4.78, 5) is 0. The molecule has 21 heavy (non-hydrogen) atoms. The molecule has 0 aliphatic heterocycles. The van der Waals surface area contributed by atoms with Crippen LogP contribution >= 0.6 is 11.6 Å². The summed E-state index contributed by atoms with van der Waals surface area (Å²) in [6.07, 6.45) is 0. The number of rotatable bonds is 3. The Labute approximate surface area is 129 Å². The third kappa shape index (κ3) is 2.84. The van der Waals surface area contributed by atoms with Crippen molar-refractivity contribution in [3.05, 3.63) is 65.2 Å². The summed E-state index contributed by atoms with van der Waals surface area (Å²) in [6.45, 7) is 0.554. The summed E-state index contributed by atoms with van der Waals surface area (Å²) < 4.78 is 1.88. The summed E-state index contributed by atoms with van der Waals surface area (Å²) in [5.74, 6) is 0. The van der Waals surface area contributed by atoms with Gasteiger partial charge in [-0.05, 0) is 29.3 Å². The van der Waals surface area contributed by atoms with Crippen LogP contribution in [0.2, 0.25) is 5.02 Å². The molecule has 0 fully saturated rings. The van der Waals surface area contributed by atoms with Gasteiger partial charge in [0.1, 0.15) is 0 Å². The van der Waals surface area contributed by atoms with Crippen LogP contribution in [0.15, 0.2) is 54.6 Å². The van der Waals surface area contributed by atoms with Crippen LogP contribution in [0.1, 0.15) is 5.56 Å². The lowest BCUT2D eigenvalue weighted by Crippen LogP contribution is -1.95. The minimum Gasteiger partial charge on any atom is -0.326 e. The molecule has 4 heteroatoms. The third-order valence-electron chi connectivity index (χ3n) is 3.51. The second kappa shape index (κ2) is 5.72. The Balaban J connectivity index is 1.98. The van der Waals surface area contributed by atoms with E-state index in [2.05, 4.69) is 23.3 Å². The summed E-state index contributed by atoms with van der Waals surface area (Å²) in [5.41, 5.74) is 10.9. The predicted octanol–water partition coefficient (Wildman–Crippen LogP) is 3.87. The molecule has 2 aromatic carbocycles. The van der Waals surface area contributed by atoms with Crippen molar-refractivity contribution < 1.29 is 0 Å². The molecule has 0 saturated heterocycles. The van der Waals surface area contributed by atoms with Gasteiger partial charge in [0.25, 0.3) is 0 Å². The maximum Gasteiger partial charge on any atom is 0.0929 e. The van der Waals surface area contributed by atoms with Crippen molar-refractivity contribution >= 4 is 11.6 Å². The van der Waals surface area contributed by atoms with Gasteiger partial charge in [-0.2, -0.15) is 5.10 Å². The van der Waals surface area contributed by atoms with E-state index in [1.54, 1.807) is 0 Å². The van der Waals surface area contributed by atoms with Crippen molar-refractivity contribution in [3.8, 4) is 22.5 Å². The first-order valence-corrected chi connectivity index (χ1v) is 7.14. The summed E-state index contributed by atoms with van der Waals surface area (Å²) in [6, 6.07) is 18.0. The molecule has 3 nitrogen and oxygen atoms in total. The zero-order valence-corrected chi connectivity index (χ0v) is 12.5. The van der Waals surface area contributed by atoms with E-state index in [1.165, 1.54) is 0 Å². The van der Waals surface area contributed by atoms with Gasteiger partial charge >= 0.3 is 0 Å². The highest BCUT2D eigenvalue weighted by molar-refractivity contribution is 6.30. The Bertz CT molecular complexity index is 743. The highest BCUT2D eigenvalue weighted by Crippen LogP contribution is 2.26. The fourth-order valence-corrected chi connectivity index (χ4v) is 2.44.